The van der Waals surface area contributed by atoms with Crippen molar-refractivity contribution in [1.82, 2.24) is 20.9 Å². The van der Waals surface area contributed by atoms with Crippen LogP contribution in [0.25, 0.3) is 0 Å². The van der Waals surface area contributed by atoms with Crippen LogP contribution < -0.4 is 16.0 Å². The zero-order valence-electron chi connectivity index (χ0n) is 16.4. The van der Waals surface area contributed by atoms with Crippen LogP contribution in [0, 0.1) is 0 Å². The van der Waals surface area contributed by atoms with Gasteiger partial charge in [-0.2, -0.15) is 13.2 Å². The molecule has 3 N–H and O–H groups in total. The van der Waals surface area contributed by atoms with Crippen molar-refractivity contribution in [2.24, 2.45) is 4.99 Å². The Balaban J connectivity index is 0.00000729. The number of benzene rings is 1. The first-order valence-corrected chi connectivity index (χ1v) is 8.82. The lowest BCUT2D eigenvalue weighted by atomic mass is 10.1. The molecule has 0 aliphatic rings. The predicted molar refractivity (Wildman–Crippen MR) is 116 cm³/mol. The third-order valence-corrected chi connectivity index (χ3v) is 3.50. The van der Waals surface area contributed by atoms with Crippen LogP contribution in [0.5, 0.6) is 0 Å². The number of carbonyl (C=O) groups excluding carboxylic acids is 1. The fourth-order valence-electron chi connectivity index (χ4n) is 2.14. The summed E-state index contributed by atoms with van der Waals surface area (Å²) in [6.07, 6.45) is -5.14. The fraction of sp³-hybridized carbons (Fsp3) is 0.556. The number of rotatable bonds is 9. The molecule has 1 aromatic carbocycles. The number of amides is 1. The number of hydrogen-bond donors (Lipinski definition) is 3. The van der Waals surface area contributed by atoms with Gasteiger partial charge in [-0.05, 0) is 38.7 Å². The number of nitrogens with one attached hydrogen (secondary N) is 3. The molecular formula is C18H29F3IN5O. The molecule has 1 amide bonds. The van der Waals surface area contributed by atoms with Gasteiger partial charge >= 0.3 is 6.18 Å². The molecule has 0 aromatic heterocycles. The zero-order chi connectivity index (χ0) is 20.3. The molecule has 0 aliphatic heterocycles. The smallest absolute Gasteiger partial charge is 0.357 e. The molecule has 0 radical (unpaired) electrons. The van der Waals surface area contributed by atoms with Crippen LogP contribution in [0.3, 0.4) is 0 Å². The molecule has 1 rings (SSSR count). The predicted octanol–water partition coefficient (Wildman–Crippen LogP) is 2.60. The van der Waals surface area contributed by atoms with Gasteiger partial charge in [0.25, 0.3) is 5.91 Å². The summed E-state index contributed by atoms with van der Waals surface area (Å²) in [5.74, 6) is 0.139. The number of guanidine groups is 1. The molecule has 0 spiro atoms. The highest BCUT2D eigenvalue weighted by Gasteiger charge is 2.26. The second-order valence-corrected chi connectivity index (χ2v) is 6.25. The monoisotopic (exact) mass is 515 g/mol. The Morgan fingerprint density at radius 1 is 1.14 bits per heavy atom. The van der Waals surface area contributed by atoms with Crippen LogP contribution in [0.2, 0.25) is 0 Å². The highest BCUT2D eigenvalue weighted by atomic mass is 127. The lowest BCUT2D eigenvalue weighted by molar-refractivity contribution is -0.132. The van der Waals surface area contributed by atoms with Gasteiger partial charge in [0.1, 0.15) is 0 Å². The standard InChI is InChI=1S/C18H28F3N5O.HI/c1-4-22-17(24-9-8-18(19,20)21)25-13-14-6-5-7-15(12-14)16(27)23-10-11-26(2)3;/h5-7,12H,4,8-11,13H2,1-3H3,(H,23,27)(H2,22,24,25);1H. The summed E-state index contributed by atoms with van der Waals surface area (Å²) < 4.78 is 36.8. The minimum atomic E-state index is -4.21. The first-order chi connectivity index (χ1) is 12.7. The van der Waals surface area contributed by atoms with Gasteiger partial charge in [-0.15, -0.1) is 24.0 Å². The molecule has 0 saturated carbocycles. The summed E-state index contributed by atoms with van der Waals surface area (Å²) in [6, 6.07) is 7.02. The molecular weight excluding hydrogens is 486 g/mol. The Morgan fingerprint density at radius 2 is 1.86 bits per heavy atom. The van der Waals surface area contributed by atoms with E-state index in [4.69, 9.17) is 0 Å². The maximum Gasteiger partial charge on any atom is 0.390 e. The second-order valence-electron chi connectivity index (χ2n) is 6.25. The molecule has 0 heterocycles. The lowest BCUT2D eigenvalue weighted by Crippen LogP contribution is -2.38. The average molecular weight is 515 g/mol. The molecule has 0 unspecified atom stereocenters. The fourth-order valence-corrected chi connectivity index (χ4v) is 2.14. The Bertz CT molecular complexity index is 623. The van der Waals surface area contributed by atoms with Crippen LogP contribution in [0.1, 0.15) is 29.3 Å². The number of carbonyl (C=O) groups is 1. The van der Waals surface area contributed by atoms with E-state index in [0.717, 1.165) is 12.1 Å². The van der Waals surface area contributed by atoms with Crippen molar-refractivity contribution in [3.05, 3.63) is 35.4 Å². The third-order valence-electron chi connectivity index (χ3n) is 3.50. The van der Waals surface area contributed by atoms with Gasteiger partial charge in [-0.25, -0.2) is 4.99 Å². The molecule has 0 bridgehead atoms. The maximum absolute atomic E-state index is 12.3. The van der Waals surface area contributed by atoms with E-state index in [9.17, 15) is 18.0 Å². The second kappa shape index (κ2) is 13.6. The Hall–Kier alpha value is -1.56. The molecule has 10 heteroatoms. The summed E-state index contributed by atoms with van der Waals surface area (Å²) in [4.78, 5) is 18.4. The van der Waals surface area contributed by atoms with Crippen LogP contribution in [0.15, 0.2) is 29.3 Å². The van der Waals surface area contributed by atoms with E-state index in [1.165, 1.54) is 0 Å². The molecule has 6 nitrogen and oxygen atoms in total. The molecule has 1 aromatic rings. The van der Waals surface area contributed by atoms with Crippen LogP contribution in [0.4, 0.5) is 13.2 Å². The number of nitrogens with zero attached hydrogens (tertiary/aromatic N) is 2. The average Bonchev–Trinajstić information content (AvgIpc) is 2.58. The number of likely N-dealkylation sites (N-methyl/N-ethyl adjacent to an activating group) is 1. The minimum absolute atomic E-state index is 0. The summed E-state index contributed by atoms with van der Waals surface area (Å²) in [5.41, 5.74) is 1.32. The van der Waals surface area contributed by atoms with Crippen LogP contribution in [-0.2, 0) is 6.54 Å². The van der Waals surface area contributed by atoms with Gasteiger partial charge in [0.15, 0.2) is 5.96 Å². The first kappa shape index (κ1) is 26.4. The topological polar surface area (TPSA) is 68.8 Å². The van der Waals surface area contributed by atoms with Crippen molar-refractivity contribution in [2.75, 3.05) is 40.3 Å². The van der Waals surface area contributed by atoms with E-state index < -0.39 is 12.6 Å². The SMILES string of the molecule is CCNC(=NCc1cccc(C(=O)NCCN(C)C)c1)NCCC(F)(F)F.I. The van der Waals surface area contributed by atoms with Gasteiger partial charge in [-0.3, -0.25) is 4.79 Å². The summed E-state index contributed by atoms with van der Waals surface area (Å²) in [5, 5.41) is 8.40. The van der Waals surface area contributed by atoms with E-state index >= 15 is 0 Å². The Labute approximate surface area is 181 Å². The quantitative estimate of drug-likeness (QED) is 0.269. The Kier molecular flexibility index (Phi) is 12.8. The van der Waals surface area contributed by atoms with E-state index in [1.807, 2.05) is 32.0 Å². The van der Waals surface area contributed by atoms with Crippen LogP contribution >= 0.6 is 24.0 Å². The van der Waals surface area contributed by atoms with E-state index in [1.54, 1.807) is 18.2 Å². The highest BCUT2D eigenvalue weighted by Crippen LogP contribution is 2.18. The van der Waals surface area contributed by atoms with Crippen molar-refractivity contribution in [2.45, 2.75) is 26.1 Å². The Morgan fingerprint density at radius 3 is 2.46 bits per heavy atom. The largest absolute Gasteiger partial charge is 0.390 e. The zero-order valence-corrected chi connectivity index (χ0v) is 18.7. The first-order valence-electron chi connectivity index (χ1n) is 8.82. The molecule has 28 heavy (non-hydrogen) atoms. The highest BCUT2D eigenvalue weighted by molar-refractivity contribution is 14.0. The molecule has 0 atom stereocenters. The number of halogens is 4. The van der Waals surface area contributed by atoms with Crippen molar-refractivity contribution in [3.63, 3.8) is 0 Å². The van der Waals surface area contributed by atoms with Crippen molar-refractivity contribution in [1.29, 1.82) is 0 Å². The van der Waals surface area contributed by atoms with Gasteiger partial charge in [-0.1, -0.05) is 12.1 Å². The summed E-state index contributed by atoms with van der Waals surface area (Å²) in [7, 11) is 3.85. The number of aliphatic imine (C=N–C) groups is 1. The number of hydrogen-bond acceptors (Lipinski definition) is 3. The third kappa shape index (κ3) is 12.0. The van der Waals surface area contributed by atoms with Gasteiger partial charge in [0.05, 0.1) is 13.0 Å². The van der Waals surface area contributed by atoms with Crippen molar-refractivity contribution in [3.8, 4) is 0 Å². The lowest BCUT2D eigenvalue weighted by Gasteiger charge is -2.13. The van der Waals surface area contributed by atoms with E-state index in [2.05, 4.69) is 20.9 Å². The van der Waals surface area contributed by atoms with Crippen molar-refractivity contribution >= 4 is 35.8 Å². The van der Waals surface area contributed by atoms with Crippen LogP contribution in [-0.4, -0.2) is 63.2 Å². The van der Waals surface area contributed by atoms with E-state index in [-0.39, 0.29) is 43.0 Å². The van der Waals surface area contributed by atoms with E-state index in [0.29, 0.717) is 24.6 Å². The molecule has 0 saturated heterocycles. The van der Waals surface area contributed by atoms with Gasteiger partial charge < -0.3 is 20.9 Å². The van der Waals surface area contributed by atoms with Gasteiger partial charge in [0.2, 0.25) is 0 Å². The van der Waals surface area contributed by atoms with Crippen molar-refractivity contribution < 1.29 is 18.0 Å². The number of alkyl halides is 3. The minimum Gasteiger partial charge on any atom is -0.357 e. The summed E-state index contributed by atoms with van der Waals surface area (Å²) >= 11 is 0. The molecule has 160 valence electrons. The molecule has 0 aliphatic carbocycles. The normalized spacial score (nSPS) is 11.8. The summed E-state index contributed by atoms with van der Waals surface area (Å²) in [6.45, 7) is 3.66. The maximum atomic E-state index is 12.3. The van der Waals surface area contributed by atoms with Gasteiger partial charge in [0, 0.05) is 31.7 Å². The molecule has 0 fully saturated rings.